The van der Waals surface area contributed by atoms with Crippen LogP contribution in [0.15, 0.2) is 0 Å². The lowest BCUT2D eigenvalue weighted by molar-refractivity contribution is -0.241. The van der Waals surface area contributed by atoms with E-state index in [4.69, 9.17) is 10.5 Å². The normalized spacial score (nSPS) is 12.0. The first-order valence-electron chi connectivity index (χ1n) is 8.35. The fourth-order valence-corrected chi connectivity index (χ4v) is 2.49. The first-order chi connectivity index (χ1) is 10.7. The molecule has 0 aliphatic rings. The number of carbonyl (C=O) groups is 2. The van der Waals surface area contributed by atoms with Crippen LogP contribution in [0.2, 0.25) is 0 Å². The van der Waals surface area contributed by atoms with Crippen LogP contribution in [0.4, 0.5) is 0 Å². The van der Waals surface area contributed by atoms with Crippen molar-refractivity contribution in [2.24, 2.45) is 5.92 Å². The third kappa shape index (κ3) is 11.5. The Balaban J connectivity index is 3.71. The van der Waals surface area contributed by atoms with Gasteiger partial charge in [-0.1, -0.05) is 64.7 Å². The molecule has 0 aromatic carbocycles. The zero-order valence-electron chi connectivity index (χ0n) is 13.6. The first kappa shape index (κ1) is 20.9. The van der Waals surface area contributed by atoms with Crippen LogP contribution in [0.5, 0.6) is 0 Å². The van der Waals surface area contributed by atoms with E-state index in [0.29, 0.717) is 6.42 Å². The highest BCUT2D eigenvalue weighted by atomic mass is 17.1. The summed E-state index contributed by atoms with van der Waals surface area (Å²) in [6.45, 7) is 2.20. The molecule has 22 heavy (non-hydrogen) atoms. The Labute approximate surface area is 132 Å². The summed E-state index contributed by atoms with van der Waals surface area (Å²) in [5.74, 6) is -2.05. The number of rotatable bonds is 14. The van der Waals surface area contributed by atoms with Crippen LogP contribution in [0.1, 0.15) is 84.0 Å². The Morgan fingerprint density at radius 2 is 1.36 bits per heavy atom. The predicted molar refractivity (Wildman–Crippen MR) is 82.0 cm³/mol. The summed E-state index contributed by atoms with van der Waals surface area (Å²) < 4.78 is 0. The summed E-state index contributed by atoms with van der Waals surface area (Å²) in [6.07, 6.45) is 11.3. The third-order valence-corrected chi connectivity index (χ3v) is 3.88. The van der Waals surface area contributed by atoms with Crippen molar-refractivity contribution in [2.75, 3.05) is 0 Å². The van der Waals surface area contributed by atoms with E-state index >= 15 is 0 Å². The second-order valence-corrected chi connectivity index (χ2v) is 5.73. The minimum Gasteiger partial charge on any atom is -0.301 e. The molecule has 0 radical (unpaired) electrons. The van der Waals surface area contributed by atoms with Crippen molar-refractivity contribution in [1.82, 2.24) is 0 Å². The van der Waals surface area contributed by atoms with Crippen molar-refractivity contribution in [3.05, 3.63) is 0 Å². The number of hydrogen-bond donors (Lipinski definition) is 2. The minimum absolute atomic E-state index is 0.0757. The minimum atomic E-state index is -0.789. The maximum Gasteiger partial charge on any atom is 0.345 e. The zero-order valence-corrected chi connectivity index (χ0v) is 13.6. The molecule has 1 atom stereocenters. The van der Waals surface area contributed by atoms with Gasteiger partial charge in [-0.3, -0.25) is 0 Å². The molecular formula is C16H30O6. The van der Waals surface area contributed by atoms with Crippen molar-refractivity contribution in [2.45, 2.75) is 84.0 Å². The molecule has 6 nitrogen and oxygen atoms in total. The summed E-state index contributed by atoms with van der Waals surface area (Å²) in [5, 5.41) is 16.6. The van der Waals surface area contributed by atoms with Gasteiger partial charge in [-0.25, -0.2) is 9.59 Å². The molecule has 0 spiro atoms. The summed E-state index contributed by atoms with van der Waals surface area (Å²) >= 11 is 0. The van der Waals surface area contributed by atoms with Gasteiger partial charge in [-0.2, -0.15) is 10.5 Å². The highest BCUT2D eigenvalue weighted by Gasteiger charge is 2.21. The van der Waals surface area contributed by atoms with Gasteiger partial charge in [0.2, 0.25) is 0 Å². The van der Waals surface area contributed by atoms with Crippen LogP contribution in [0.3, 0.4) is 0 Å². The van der Waals surface area contributed by atoms with Gasteiger partial charge in [0.25, 0.3) is 0 Å². The summed E-state index contributed by atoms with van der Waals surface area (Å²) in [7, 11) is 0. The Hall–Kier alpha value is -1.14. The van der Waals surface area contributed by atoms with E-state index in [1.165, 1.54) is 38.5 Å². The molecule has 1 unspecified atom stereocenters. The van der Waals surface area contributed by atoms with Gasteiger partial charge in [-0.15, -0.1) is 0 Å². The number of carbonyl (C=O) groups excluding carboxylic acids is 2. The van der Waals surface area contributed by atoms with E-state index < -0.39 is 17.9 Å². The lowest BCUT2D eigenvalue weighted by Gasteiger charge is -2.12. The molecule has 0 aromatic heterocycles. The van der Waals surface area contributed by atoms with Crippen LogP contribution < -0.4 is 0 Å². The predicted octanol–water partition coefficient (Wildman–Crippen LogP) is 4.34. The van der Waals surface area contributed by atoms with E-state index in [9.17, 15) is 9.59 Å². The highest BCUT2D eigenvalue weighted by Crippen LogP contribution is 2.19. The van der Waals surface area contributed by atoms with Crippen molar-refractivity contribution in [3.63, 3.8) is 0 Å². The van der Waals surface area contributed by atoms with Gasteiger partial charge in [-0.05, 0) is 12.8 Å². The molecule has 0 bridgehead atoms. The molecule has 0 rings (SSSR count). The van der Waals surface area contributed by atoms with Crippen LogP contribution >= 0.6 is 0 Å². The van der Waals surface area contributed by atoms with E-state index in [0.717, 1.165) is 19.3 Å². The molecule has 130 valence electrons. The SMILES string of the molecule is CCCCCCCCCCCC(CCC(=O)OO)C(=O)OO. The average molecular weight is 318 g/mol. The Kier molecular flexibility index (Phi) is 14.0. The van der Waals surface area contributed by atoms with E-state index in [2.05, 4.69) is 16.7 Å². The van der Waals surface area contributed by atoms with Gasteiger partial charge in [0.05, 0.1) is 5.92 Å². The molecule has 0 amide bonds. The zero-order chi connectivity index (χ0) is 16.6. The third-order valence-electron chi connectivity index (χ3n) is 3.88. The molecule has 0 aromatic rings. The van der Waals surface area contributed by atoms with Crippen LogP contribution in [-0.4, -0.2) is 22.5 Å². The molecule has 0 heterocycles. The van der Waals surface area contributed by atoms with E-state index in [1.807, 2.05) is 0 Å². The standard InChI is InChI=1S/C16H30O6/c1-2-3-4-5-6-7-8-9-10-11-14(16(18)22-20)12-13-15(17)21-19/h14,19-20H,2-13H2,1H3. The molecular weight excluding hydrogens is 288 g/mol. The average Bonchev–Trinajstić information content (AvgIpc) is 2.54. The lowest BCUT2D eigenvalue weighted by Crippen LogP contribution is -2.18. The van der Waals surface area contributed by atoms with Gasteiger partial charge < -0.3 is 9.78 Å². The topological polar surface area (TPSA) is 93.1 Å². The highest BCUT2D eigenvalue weighted by molar-refractivity contribution is 5.73. The van der Waals surface area contributed by atoms with Crippen LogP contribution in [0.25, 0.3) is 0 Å². The number of unbranched alkanes of at least 4 members (excludes halogenated alkanes) is 8. The Morgan fingerprint density at radius 1 is 0.818 bits per heavy atom. The lowest BCUT2D eigenvalue weighted by atomic mass is 9.95. The molecule has 0 aliphatic carbocycles. The van der Waals surface area contributed by atoms with E-state index in [-0.39, 0.29) is 12.8 Å². The molecule has 0 saturated heterocycles. The number of hydrogen-bond acceptors (Lipinski definition) is 6. The van der Waals surface area contributed by atoms with Crippen molar-refractivity contribution in [3.8, 4) is 0 Å². The summed E-state index contributed by atoms with van der Waals surface area (Å²) in [5.41, 5.74) is 0. The summed E-state index contributed by atoms with van der Waals surface area (Å²) in [6, 6.07) is 0. The molecule has 2 N–H and O–H groups in total. The maximum absolute atomic E-state index is 11.4. The fraction of sp³-hybridized carbons (Fsp3) is 0.875. The van der Waals surface area contributed by atoms with Crippen LogP contribution in [-0.2, 0) is 19.4 Å². The second kappa shape index (κ2) is 14.8. The van der Waals surface area contributed by atoms with E-state index in [1.54, 1.807) is 0 Å². The van der Waals surface area contributed by atoms with Crippen molar-refractivity contribution in [1.29, 1.82) is 0 Å². The molecule has 0 aliphatic heterocycles. The first-order valence-corrected chi connectivity index (χ1v) is 8.35. The van der Waals surface area contributed by atoms with Crippen molar-refractivity contribution >= 4 is 11.9 Å². The van der Waals surface area contributed by atoms with Gasteiger partial charge in [0.1, 0.15) is 0 Å². The Bertz CT molecular complexity index is 292. The largest absolute Gasteiger partial charge is 0.345 e. The van der Waals surface area contributed by atoms with Gasteiger partial charge in [0.15, 0.2) is 0 Å². The quantitative estimate of drug-likeness (QED) is 0.281. The van der Waals surface area contributed by atoms with Crippen LogP contribution in [0, 0.1) is 5.92 Å². The van der Waals surface area contributed by atoms with Gasteiger partial charge >= 0.3 is 11.9 Å². The smallest absolute Gasteiger partial charge is 0.301 e. The van der Waals surface area contributed by atoms with Gasteiger partial charge in [0, 0.05) is 6.42 Å². The molecule has 0 saturated carbocycles. The fourth-order valence-electron chi connectivity index (χ4n) is 2.49. The molecule has 0 fully saturated rings. The second-order valence-electron chi connectivity index (χ2n) is 5.73. The molecule has 6 heteroatoms. The monoisotopic (exact) mass is 318 g/mol. The summed E-state index contributed by atoms with van der Waals surface area (Å²) in [4.78, 5) is 29.6. The Morgan fingerprint density at radius 3 is 1.86 bits per heavy atom. The maximum atomic E-state index is 11.4. The van der Waals surface area contributed by atoms with Crippen molar-refractivity contribution < 1.29 is 29.9 Å².